The molecule has 2 heterocycles. The molecule has 8 heteroatoms. The monoisotopic (exact) mass is 431 g/mol. The smallest absolute Gasteiger partial charge is 0.271 e. The first kappa shape index (κ1) is 22.5. The molecule has 1 aromatic carbocycles. The minimum absolute atomic E-state index is 0.0377. The topological polar surface area (TPSA) is 53.8 Å². The fourth-order valence-electron chi connectivity index (χ4n) is 3.87. The number of nitrogens with zero attached hydrogens (tertiary/aromatic N) is 5. The fraction of sp³-hybridized carbons (Fsp3) is 0.545. The van der Waals surface area contributed by atoms with Gasteiger partial charge in [-0.3, -0.25) is 9.69 Å². The molecule has 3 rings (SSSR count). The Bertz CT molecular complexity index is 833. The molecule has 164 valence electrons. The molecular formula is C22H33N5O2S. The zero-order valence-electron chi connectivity index (χ0n) is 18.5. The number of imidazole rings is 1. The zero-order chi connectivity index (χ0) is 21.5. The fourth-order valence-corrected chi connectivity index (χ4v) is 4.40. The van der Waals surface area contributed by atoms with Crippen molar-refractivity contribution in [2.45, 2.75) is 18.0 Å². The lowest BCUT2D eigenvalue weighted by Gasteiger charge is -2.36. The Morgan fingerprint density at radius 2 is 1.93 bits per heavy atom. The van der Waals surface area contributed by atoms with Crippen LogP contribution < -0.4 is 9.64 Å². The lowest BCUT2D eigenvalue weighted by Crippen LogP contribution is -2.46. The maximum absolute atomic E-state index is 12.6. The Balaban J connectivity index is 1.38. The van der Waals surface area contributed by atoms with Crippen molar-refractivity contribution in [3.63, 3.8) is 0 Å². The summed E-state index contributed by atoms with van der Waals surface area (Å²) in [4.78, 5) is 23.7. The summed E-state index contributed by atoms with van der Waals surface area (Å²) in [6, 6.07) is 8.23. The number of piperazine rings is 1. The van der Waals surface area contributed by atoms with Crippen LogP contribution in [0, 0.1) is 0 Å². The van der Waals surface area contributed by atoms with Gasteiger partial charge in [-0.05, 0) is 37.8 Å². The second-order valence-electron chi connectivity index (χ2n) is 7.62. The van der Waals surface area contributed by atoms with Crippen molar-refractivity contribution in [1.29, 1.82) is 0 Å². The molecule has 0 atom stereocenters. The van der Waals surface area contributed by atoms with Gasteiger partial charge >= 0.3 is 0 Å². The summed E-state index contributed by atoms with van der Waals surface area (Å²) in [7, 11) is 5.50. The van der Waals surface area contributed by atoms with Gasteiger partial charge in [-0.15, -0.1) is 0 Å². The quantitative estimate of drug-likeness (QED) is 0.450. The van der Waals surface area contributed by atoms with Crippen molar-refractivity contribution in [3.05, 3.63) is 36.2 Å². The van der Waals surface area contributed by atoms with Gasteiger partial charge in [-0.1, -0.05) is 23.9 Å². The summed E-state index contributed by atoms with van der Waals surface area (Å²) in [5.74, 6) is 0.979. The van der Waals surface area contributed by atoms with Gasteiger partial charge in [0, 0.05) is 46.8 Å². The molecule has 1 aromatic heterocycles. The molecule has 0 radical (unpaired) electrons. The van der Waals surface area contributed by atoms with Crippen LogP contribution in [0.15, 0.2) is 35.6 Å². The van der Waals surface area contributed by atoms with Crippen molar-refractivity contribution in [3.8, 4) is 5.75 Å². The van der Waals surface area contributed by atoms with E-state index in [9.17, 15) is 4.79 Å². The number of thioether (sulfide) groups is 1. The van der Waals surface area contributed by atoms with E-state index in [2.05, 4.69) is 26.9 Å². The van der Waals surface area contributed by atoms with Crippen LogP contribution in [-0.2, 0) is 7.05 Å². The van der Waals surface area contributed by atoms with Crippen LogP contribution in [0.3, 0.4) is 0 Å². The molecule has 1 amide bonds. The second kappa shape index (κ2) is 10.7. The van der Waals surface area contributed by atoms with Crippen molar-refractivity contribution < 1.29 is 9.53 Å². The predicted molar refractivity (Wildman–Crippen MR) is 123 cm³/mol. The number of anilines is 1. The van der Waals surface area contributed by atoms with E-state index >= 15 is 0 Å². The molecule has 2 aromatic rings. The Kier molecular flexibility index (Phi) is 8.04. The highest BCUT2D eigenvalue weighted by atomic mass is 32.2. The van der Waals surface area contributed by atoms with Gasteiger partial charge in [-0.2, -0.15) is 0 Å². The van der Waals surface area contributed by atoms with Gasteiger partial charge in [0.25, 0.3) is 5.91 Å². The van der Waals surface area contributed by atoms with Gasteiger partial charge in [0.2, 0.25) is 0 Å². The molecular weight excluding hydrogens is 398 g/mol. The number of hydrogen-bond donors (Lipinski definition) is 0. The third-order valence-corrected chi connectivity index (χ3v) is 6.45. The third kappa shape index (κ3) is 5.29. The van der Waals surface area contributed by atoms with Crippen molar-refractivity contribution >= 4 is 23.4 Å². The molecule has 30 heavy (non-hydrogen) atoms. The van der Waals surface area contributed by atoms with Crippen LogP contribution in [0.4, 0.5) is 5.69 Å². The first-order valence-corrected chi connectivity index (χ1v) is 11.7. The number of carbonyl (C=O) groups excluding carboxylic acids is 1. The molecule has 0 unspecified atom stereocenters. The number of ether oxygens (including phenoxy) is 1. The van der Waals surface area contributed by atoms with E-state index in [1.54, 1.807) is 30.0 Å². The van der Waals surface area contributed by atoms with Gasteiger partial charge in [0.05, 0.1) is 19.0 Å². The van der Waals surface area contributed by atoms with E-state index in [0.717, 1.165) is 63.0 Å². The summed E-state index contributed by atoms with van der Waals surface area (Å²) >= 11 is 1.55. The van der Waals surface area contributed by atoms with E-state index in [1.165, 1.54) is 5.69 Å². The zero-order valence-corrected chi connectivity index (χ0v) is 19.3. The summed E-state index contributed by atoms with van der Waals surface area (Å²) < 4.78 is 7.37. The largest absolute Gasteiger partial charge is 0.495 e. The van der Waals surface area contributed by atoms with Crippen LogP contribution in [0.5, 0.6) is 5.75 Å². The maximum Gasteiger partial charge on any atom is 0.271 e. The molecule has 1 aliphatic heterocycles. The molecule has 1 fully saturated rings. The molecule has 1 saturated heterocycles. The number of rotatable bonds is 9. The van der Waals surface area contributed by atoms with Crippen molar-refractivity contribution in [1.82, 2.24) is 19.4 Å². The molecule has 7 nitrogen and oxygen atoms in total. The Hall–Kier alpha value is -2.19. The van der Waals surface area contributed by atoms with E-state index < -0.39 is 0 Å². The van der Waals surface area contributed by atoms with E-state index in [1.807, 2.05) is 37.1 Å². The Morgan fingerprint density at radius 1 is 1.20 bits per heavy atom. The highest BCUT2D eigenvalue weighted by Gasteiger charge is 2.20. The standard InChI is InChI=1S/C22H33N5O2S/c1-24(21(28)19-17-23-22(30-4)25(19)2)11-7-8-12-26-13-15-27(16-14-26)18-9-5-6-10-20(18)29-3/h5-6,9-10,17H,7-8,11-16H2,1-4H3. The van der Waals surface area contributed by atoms with Gasteiger partial charge in [0.1, 0.15) is 11.4 Å². The Morgan fingerprint density at radius 3 is 2.60 bits per heavy atom. The number of amides is 1. The van der Waals surface area contributed by atoms with E-state index in [-0.39, 0.29) is 5.91 Å². The summed E-state index contributed by atoms with van der Waals surface area (Å²) in [6.45, 7) is 5.97. The van der Waals surface area contributed by atoms with Crippen LogP contribution >= 0.6 is 11.8 Å². The predicted octanol–water partition coefficient (Wildman–Crippen LogP) is 2.83. The second-order valence-corrected chi connectivity index (χ2v) is 8.40. The lowest BCUT2D eigenvalue weighted by molar-refractivity contribution is 0.0781. The SMILES string of the molecule is COc1ccccc1N1CCN(CCCCN(C)C(=O)c2cnc(SC)n2C)CC1. The number of unbranched alkanes of at least 4 members (excludes halogenated alkanes) is 1. The average molecular weight is 432 g/mol. The maximum atomic E-state index is 12.6. The number of para-hydroxylation sites is 2. The minimum atomic E-state index is 0.0377. The molecule has 0 saturated carbocycles. The number of benzene rings is 1. The van der Waals surface area contributed by atoms with Crippen molar-refractivity contribution in [2.75, 3.05) is 64.6 Å². The number of methoxy groups -OCH3 is 1. The number of carbonyl (C=O) groups is 1. The van der Waals surface area contributed by atoms with Crippen LogP contribution in [0.1, 0.15) is 23.3 Å². The molecule has 0 N–H and O–H groups in total. The molecule has 0 aliphatic carbocycles. The van der Waals surface area contributed by atoms with E-state index in [4.69, 9.17) is 4.74 Å². The van der Waals surface area contributed by atoms with E-state index in [0.29, 0.717) is 5.69 Å². The Labute approximate surface area is 184 Å². The lowest BCUT2D eigenvalue weighted by atomic mass is 10.2. The van der Waals surface area contributed by atoms with Crippen LogP contribution in [0.25, 0.3) is 0 Å². The van der Waals surface area contributed by atoms with Gasteiger partial charge in [-0.25, -0.2) is 4.98 Å². The summed E-state index contributed by atoms with van der Waals surface area (Å²) in [5.41, 5.74) is 1.83. The summed E-state index contributed by atoms with van der Waals surface area (Å²) in [6.07, 6.45) is 5.73. The van der Waals surface area contributed by atoms with Crippen LogP contribution in [0.2, 0.25) is 0 Å². The van der Waals surface area contributed by atoms with Gasteiger partial charge in [0.15, 0.2) is 5.16 Å². The average Bonchev–Trinajstić information content (AvgIpc) is 3.16. The highest BCUT2D eigenvalue weighted by Crippen LogP contribution is 2.28. The van der Waals surface area contributed by atoms with Crippen LogP contribution in [-0.4, -0.2) is 84.9 Å². The highest BCUT2D eigenvalue weighted by molar-refractivity contribution is 7.98. The summed E-state index contributed by atoms with van der Waals surface area (Å²) in [5, 5.41) is 0.860. The number of aromatic nitrogens is 2. The normalized spacial score (nSPS) is 14.7. The molecule has 0 spiro atoms. The minimum Gasteiger partial charge on any atom is -0.495 e. The first-order chi connectivity index (χ1) is 14.5. The number of hydrogen-bond acceptors (Lipinski definition) is 6. The third-order valence-electron chi connectivity index (χ3n) is 5.71. The first-order valence-electron chi connectivity index (χ1n) is 10.5. The molecule has 0 bridgehead atoms. The molecule has 1 aliphatic rings. The van der Waals surface area contributed by atoms with Gasteiger partial charge < -0.3 is 19.1 Å². The van der Waals surface area contributed by atoms with Crippen molar-refractivity contribution in [2.24, 2.45) is 7.05 Å².